The predicted molar refractivity (Wildman–Crippen MR) is 247 cm³/mol. The lowest BCUT2D eigenvalue weighted by Gasteiger charge is -2.18. The minimum absolute atomic E-state index is 0.0998. The lowest BCUT2D eigenvalue weighted by Crippen LogP contribution is -2.30. The van der Waals surface area contributed by atoms with Gasteiger partial charge in [0.25, 0.3) is 0 Å². The van der Waals surface area contributed by atoms with Crippen LogP contribution in [0.1, 0.15) is 233 Å². The fourth-order valence-corrected chi connectivity index (χ4v) is 6.77. The molecule has 0 spiro atoms. The van der Waals surface area contributed by atoms with Crippen molar-refractivity contribution in [1.82, 2.24) is 0 Å². The molecule has 0 heterocycles. The molecule has 0 N–H and O–H groups in total. The van der Waals surface area contributed by atoms with Crippen LogP contribution >= 0.6 is 0 Å². The Morgan fingerprint density at radius 2 is 0.672 bits per heavy atom. The van der Waals surface area contributed by atoms with Gasteiger partial charge >= 0.3 is 17.9 Å². The van der Waals surface area contributed by atoms with Gasteiger partial charge in [0, 0.05) is 19.3 Å². The zero-order chi connectivity index (χ0) is 42.3. The van der Waals surface area contributed by atoms with Crippen molar-refractivity contribution in [1.29, 1.82) is 0 Å². The first kappa shape index (κ1) is 55.1. The van der Waals surface area contributed by atoms with Crippen molar-refractivity contribution in [3.63, 3.8) is 0 Å². The van der Waals surface area contributed by atoms with Gasteiger partial charge in [0.05, 0.1) is 0 Å². The fourth-order valence-electron chi connectivity index (χ4n) is 6.77. The number of esters is 3. The van der Waals surface area contributed by atoms with Gasteiger partial charge in [-0.25, -0.2) is 0 Å². The second kappa shape index (κ2) is 46.8. The Kier molecular flexibility index (Phi) is 44.5. The molecule has 334 valence electrons. The van der Waals surface area contributed by atoms with Crippen LogP contribution in [0.15, 0.2) is 60.8 Å². The number of unbranched alkanes of at least 4 members (excludes halogenated alkanes) is 26. The van der Waals surface area contributed by atoms with Crippen LogP contribution in [0.5, 0.6) is 0 Å². The molecule has 0 aliphatic heterocycles. The van der Waals surface area contributed by atoms with Crippen LogP contribution in [0.2, 0.25) is 0 Å². The van der Waals surface area contributed by atoms with Gasteiger partial charge in [0.1, 0.15) is 13.2 Å². The molecule has 0 aliphatic rings. The summed E-state index contributed by atoms with van der Waals surface area (Å²) in [6.07, 6.45) is 56.4. The first-order valence-corrected chi connectivity index (χ1v) is 24.4. The predicted octanol–water partition coefficient (Wildman–Crippen LogP) is 15.7. The summed E-state index contributed by atoms with van der Waals surface area (Å²) < 4.78 is 16.7. The van der Waals surface area contributed by atoms with Gasteiger partial charge in [-0.3, -0.25) is 14.4 Å². The monoisotopic (exact) mass is 811 g/mol. The molecule has 0 bridgehead atoms. The molecule has 0 aromatic heterocycles. The van der Waals surface area contributed by atoms with E-state index in [0.29, 0.717) is 19.3 Å². The highest BCUT2D eigenvalue weighted by molar-refractivity contribution is 5.71. The Morgan fingerprint density at radius 1 is 0.362 bits per heavy atom. The standard InChI is InChI=1S/C52H90O6/c1-4-7-10-13-16-19-22-24-25-26-27-29-30-33-36-39-42-45-51(54)57-48-49(47-56-50(53)44-41-38-35-32-21-18-15-12-9-6-3)58-52(55)46-43-40-37-34-31-28-23-20-17-14-11-8-5-2/h8,11,14,17,20,23,28,31,34,37,49H,4-7,9-10,12-13,15-16,18-19,21-22,24-27,29-30,32-33,35-36,38-48H2,1-3H3/b11-8-,17-14-,23-20-,31-28-,37-34-. The average molecular weight is 811 g/mol. The zero-order valence-electron chi connectivity index (χ0n) is 38.0. The largest absolute Gasteiger partial charge is 0.462 e. The molecule has 0 aromatic carbocycles. The first-order valence-electron chi connectivity index (χ1n) is 24.4. The molecule has 6 heteroatoms. The van der Waals surface area contributed by atoms with Crippen molar-refractivity contribution in [3.05, 3.63) is 60.8 Å². The van der Waals surface area contributed by atoms with Crippen LogP contribution in [0.3, 0.4) is 0 Å². The van der Waals surface area contributed by atoms with Gasteiger partial charge in [-0.15, -0.1) is 0 Å². The van der Waals surface area contributed by atoms with Crippen LogP contribution in [-0.4, -0.2) is 37.2 Å². The molecule has 0 aromatic rings. The maximum absolute atomic E-state index is 12.7. The highest BCUT2D eigenvalue weighted by atomic mass is 16.6. The summed E-state index contributed by atoms with van der Waals surface area (Å²) in [5.74, 6) is -0.973. The summed E-state index contributed by atoms with van der Waals surface area (Å²) in [6.45, 7) is 6.42. The topological polar surface area (TPSA) is 78.9 Å². The number of rotatable bonds is 43. The van der Waals surface area contributed by atoms with E-state index in [9.17, 15) is 14.4 Å². The first-order chi connectivity index (χ1) is 28.5. The smallest absolute Gasteiger partial charge is 0.306 e. The third-order valence-electron chi connectivity index (χ3n) is 10.4. The minimum atomic E-state index is -0.805. The van der Waals surface area contributed by atoms with Crippen molar-refractivity contribution < 1.29 is 28.6 Å². The van der Waals surface area contributed by atoms with E-state index in [1.165, 1.54) is 135 Å². The number of hydrogen-bond acceptors (Lipinski definition) is 6. The van der Waals surface area contributed by atoms with Crippen LogP contribution in [0.4, 0.5) is 0 Å². The Hall–Kier alpha value is -2.89. The summed E-state index contributed by atoms with van der Waals surface area (Å²) >= 11 is 0. The van der Waals surface area contributed by atoms with Crippen molar-refractivity contribution in [2.24, 2.45) is 0 Å². The van der Waals surface area contributed by atoms with E-state index >= 15 is 0 Å². The molecule has 0 rings (SSSR count). The minimum Gasteiger partial charge on any atom is -0.462 e. The molecular weight excluding hydrogens is 721 g/mol. The summed E-state index contributed by atoms with van der Waals surface area (Å²) in [5.41, 5.74) is 0. The molecule has 0 amide bonds. The maximum atomic E-state index is 12.7. The molecular formula is C52H90O6. The van der Waals surface area contributed by atoms with Crippen molar-refractivity contribution in [2.45, 2.75) is 239 Å². The van der Waals surface area contributed by atoms with Crippen molar-refractivity contribution in [2.75, 3.05) is 13.2 Å². The highest BCUT2D eigenvalue weighted by Crippen LogP contribution is 2.15. The summed E-state index contributed by atoms with van der Waals surface area (Å²) in [4.78, 5) is 37.8. The molecule has 0 saturated carbocycles. The number of carbonyl (C=O) groups excluding carboxylic acids is 3. The summed E-state index contributed by atoms with van der Waals surface area (Å²) in [5, 5.41) is 0. The fraction of sp³-hybridized carbons (Fsp3) is 0.750. The second-order valence-corrected chi connectivity index (χ2v) is 16.1. The van der Waals surface area contributed by atoms with E-state index in [-0.39, 0.29) is 37.5 Å². The van der Waals surface area contributed by atoms with Gasteiger partial charge in [0.2, 0.25) is 0 Å². The quantitative estimate of drug-likeness (QED) is 0.0264. The van der Waals surface area contributed by atoms with E-state index in [2.05, 4.69) is 26.8 Å². The second-order valence-electron chi connectivity index (χ2n) is 16.1. The van der Waals surface area contributed by atoms with Gasteiger partial charge < -0.3 is 14.2 Å². The molecule has 1 unspecified atom stereocenters. The SMILES string of the molecule is CC\C=C/C=C\C=C/C=C\C=C/CCCC(=O)OC(COC(=O)CCCCCCCCCCCC)COC(=O)CCCCCCCCCCCCCCCCCCC. The van der Waals surface area contributed by atoms with E-state index < -0.39 is 6.10 Å². The average Bonchev–Trinajstić information content (AvgIpc) is 3.22. The van der Waals surface area contributed by atoms with Crippen molar-refractivity contribution >= 4 is 17.9 Å². The maximum Gasteiger partial charge on any atom is 0.306 e. The molecule has 0 saturated heterocycles. The third kappa shape index (κ3) is 44.2. The van der Waals surface area contributed by atoms with Crippen molar-refractivity contribution in [3.8, 4) is 0 Å². The lowest BCUT2D eigenvalue weighted by molar-refractivity contribution is -0.167. The summed E-state index contributed by atoms with van der Waals surface area (Å²) in [7, 11) is 0. The van der Waals surface area contributed by atoms with E-state index in [4.69, 9.17) is 14.2 Å². The van der Waals surface area contributed by atoms with E-state index in [0.717, 1.165) is 51.4 Å². The van der Waals surface area contributed by atoms with E-state index in [1.54, 1.807) is 0 Å². The molecule has 0 fully saturated rings. The normalized spacial score (nSPS) is 12.5. The van der Waals surface area contributed by atoms with Crippen LogP contribution in [0.25, 0.3) is 0 Å². The molecule has 58 heavy (non-hydrogen) atoms. The van der Waals surface area contributed by atoms with E-state index in [1.807, 2.05) is 54.7 Å². The van der Waals surface area contributed by atoms with Gasteiger partial charge in [-0.05, 0) is 32.1 Å². The Labute approximate surface area is 358 Å². The molecule has 6 nitrogen and oxygen atoms in total. The number of allylic oxidation sites excluding steroid dienone is 10. The van der Waals surface area contributed by atoms with Crippen LogP contribution < -0.4 is 0 Å². The van der Waals surface area contributed by atoms with Gasteiger partial charge in [-0.2, -0.15) is 0 Å². The van der Waals surface area contributed by atoms with Crippen LogP contribution in [0, 0.1) is 0 Å². The highest BCUT2D eigenvalue weighted by Gasteiger charge is 2.19. The lowest BCUT2D eigenvalue weighted by atomic mass is 10.0. The number of hydrogen-bond donors (Lipinski definition) is 0. The Balaban J connectivity index is 4.40. The summed E-state index contributed by atoms with van der Waals surface area (Å²) in [6, 6.07) is 0. The van der Waals surface area contributed by atoms with Crippen LogP contribution in [-0.2, 0) is 28.6 Å². The zero-order valence-corrected chi connectivity index (χ0v) is 38.0. The number of carbonyl (C=O) groups is 3. The van der Waals surface area contributed by atoms with Gasteiger partial charge in [-0.1, -0.05) is 242 Å². The molecule has 1 atom stereocenters. The number of ether oxygens (including phenoxy) is 3. The molecule has 0 aliphatic carbocycles. The Morgan fingerprint density at radius 3 is 1.03 bits per heavy atom. The van der Waals surface area contributed by atoms with Gasteiger partial charge in [0.15, 0.2) is 6.10 Å². The third-order valence-corrected chi connectivity index (χ3v) is 10.4. The molecule has 0 radical (unpaired) electrons. The Bertz CT molecular complexity index is 1070.